The lowest BCUT2D eigenvalue weighted by atomic mass is 9.97. The van der Waals surface area contributed by atoms with Gasteiger partial charge < -0.3 is 19.8 Å². The zero-order chi connectivity index (χ0) is 39.7. The van der Waals surface area contributed by atoms with Crippen molar-refractivity contribution in [3.63, 3.8) is 0 Å². The highest BCUT2D eigenvalue weighted by Gasteiger charge is 2.34. The lowest BCUT2D eigenvalue weighted by molar-refractivity contribution is 0.625. The number of rotatable bonds is 7. The molecule has 10 rings (SSSR count). The molecule has 4 aromatic heterocycles. The Bertz CT molecular complexity index is 2700. The van der Waals surface area contributed by atoms with Crippen molar-refractivity contribution in [2.75, 3.05) is 10.6 Å². The second kappa shape index (κ2) is 14.8. The van der Waals surface area contributed by atoms with Crippen molar-refractivity contribution in [2.24, 2.45) is 0 Å². The SMILES string of the molecule is Cc1ccc(-c2c3c4n(c(-c5nn6c(C(=S)Nc7ccc(Cl)cc7)c(-c7ccc(C)cc7)c7c6n5CCCC7)nn4c2C(=S)Nc2ccc(Cl)cc2)CCCC3)cc1. The molecule has 58 heavy (non-hydrogen) atoms. The first-order valence-electron chi connectivity index (χ1n) is 19.8. The zero-order valence-electron chi connectivity index (χ0n) is 32.2. The molecule has 0 fully saturated rings. The molecular formula is C46H40Cl2N8S2. The minimum absolute atomic E-state index is 0.594. The third-order valence-corrected chi connectivity index (χ3v) is 12.6. The Balaban J connectivity index is 1.21. The van der Waals surface area contributed by atoms with Gasteiger partial charge in [0.25, 0.3) is 0 Å². The summed E-state index contributed by atoms with van der Waals surface area (Å²) < 4.78 is 8.93. The predicted octanol–water partition coefficient (Wildman–Crippen LogP) is 11.8. The fraction of sp³-hybridized carbons (Fsp3) is 0.217. The Morgan fingerprint density at radius 3 is 1.29 bits per heavy atom. The molecule has 0 bridgehead atoms. The van der Waals surface area contributed by atoms with E-state index in [1.54, 1.807) is 0 Å². The van der Waals surface area contributed by atoms with Gasteiger partial charge in [0.2, 0.25) is 11.6 Å². The van der Waals surface area contributed by atoms with Gasteiger partial charge in [-0.2, -0.15) is 0 Å². The smallest absolute Gasteiger partial charge is 0.200 e. The number of nitrogens with one attached hydrogen (secondary N) is 2. The molecule has 2 N–H and O–H groups in total. The summed E-state index contributed by atoms with van der Waals surface area (Å²) >= 11 is 25.1. The quantitative estimate of drug-likeness (QED) is 0.156. The zero-order valence-corrected chi connectivity index (χ0v) is 35.3. The van der Waals surface area contributed by atoms with Gasteiger partial charge in [-0.15, -0.1) is 10.2 Å². The maximum Gasteiger partial charge on any atom is 0.200 e. The summed E-state index contributed by atoms with van der Waals surface area (Å²) in [6.45, 7) is 5.86. The average Bonchev–Trinajstić information content (AvgIpc) is 3.83. The largest absolute Gasteiger partial charge is 0.345 e. The van der Waals surface area contributed by atoms with Crippen LogP contribution < -0.4 is 10.6 Å². The summed E-state index contributed by atoms with van der Waals surface area (Å²) in [6, 6.07) is 32.8. The third-order valence-electron chi connectivity index (χ3n) is 11.5. The van der Waals surface area contributed by atoms with E-state index in [0.29, 0.717) is 20.0 Å². The molecule has 0 aliphatic carbocycles. The van der Waals surface area contributed by atoms with Gasteiger partial charge >= 0.3 is 0 Å². The number of halogens is 2. The van der Waals surface area contributed by atoms with Gasteiger partial charge in [0.15, 0.2) is 0 Å². The Labute approximate surface area is 357 Å². The lowest BCUT2D eigenvalue weighted by Gasteiger charge is -2.12. The first-order chi connectivity index (χ1) is 28.2. The second-order valence-corrected chi connectivity index (χ2v) is 17.1. The van der Waals surface area contributed by atoms with Crippen molar-refractivity contribution in [3.05, 3.63) is 141 Å². The van der Waals surface area contributed by atoms with Crippen molar-refractivity contribution in [1.82, 2.24) is 28.4 Å². The first-order valence-corrected chi connectivity index (χ1v) is 21.4. The summed E-state index contributed by atoms with van der Waals surface area (Å²) in [6.07, 6.45) is 5.96. The van der Waals surface area contributed by atoms with Crippen LogP contribution in [0.25, 0.3) is 45.2 Å². The number of anilines is 2. The van der Waals surface area contributed by atoms with Crippen LogP contribution in [0, 0.1) is 13.8 Å². The number of thiocarbonyl (C=S) groups is 2. The predicted molar refractivity (Wildman–Crippen MR) is 245 cm³/mol. The Morgan fingerprint density at radius 2 is 0.914 bits per heavy atom. The van der Waals surface area contributed by atoms with E-state index in [9.17, 15) is 0 Å². The van der Waals surface area contributed by atoms with E-state index in [-0.39, 0.29) is 0 Å². The molecule has 8 aromatic rings. The molecular weight excluding hydrogens is 800 g/mol. The van der Waals surface area contributed by atoms with Crippen molar-refractivity contribution >= 4 is 80.3 Å². The van der Waals surface area contributed by atoms with Crippen molar-refractivity contribution in [2.45, 2.75) is 65.5 Å². The number of aromatic nitrogens is 6. The van der Waals surface area contributed by atoms with E-state index in [0.717, 1.165) is 120 Å². The Kier molecular flexibility index (Phi) is 9.48. The summed E-state index contributed by atoms with van der Waals surface area (Å²) in [5.74, 6) is 1.64. The van der Waals surface area contributed by atoms with Crippen molar-refractivity contribution in [3.8, 4) is 33.9 Å². The third kappa shape index (κ3) is 6.34. The maximum atomic E-state index is 6.30. The monoisotopic (exact) mass is 838 g/mol. The van der Waals surface area contributed by atoms with Gasteiger partial charge in [0.05, 0.1) is 0 Å². The first kappa shape index (κ1) is 37.0. The molecule has 0 saturated heterocycles. The van der Waals surface area contributed by atoms with E-state index in [1.807, 2.05) is 48.5 Å². The highest BCUT2D eigenvalue weighted by molar-refractivity contribution is 7.81. The summed E-state index contributed by atoms with van der Waals surface area (Å²) in [4.78, 5) is 1.19. The van der Waals surface area contributed by atoms with Gasteiger partial charge in [0.1, 0.15) is 32.7 Å². The molecule has 0 amide bonds. The van der Waals surface area contributed by atoms with Crippen LogP contribution in [0.15, 0.2) is 97.1 Å². The molecule has 0 radical (unpaired) electrons. The lowest BCUT2D eigenvalue weighted by Crippen LogP contribution is -2.15. The Hall–Kier alpha value is -5.26. The van der Waals surface area contributed by atoms with E-state index in [2.05, 4.69) is 91.2 Å². The van der Waals surface area contributed by atoms with Crippen LogP contribution in [0.5, 0.6) is 0 Å². The van der Waals surface area contributed by atoms with Gasteiger partial charge in [-0.1, -0.05) is 107 Å². The molecule has 0 saturated carbocycles. The molecule has 6 heterocycles. The number of benzene rings is 4. The van der Waals surface area contributed by atoms with E-state index in [1.165, 1.54) is 22.3 Å². The molecule has 0 unspecified atom stereocenters. The van der Waals surface area contributed by atoms with Crippen LogP contribution in [0.4, 0.5) is 11.4 Å². The van der Waals surface area contributed by atoms with Gasteiger partial charge in [-0.05, 0) is 112 Å². The van der Waals surface area contributed by atoms with E-state index >= 15 is 0 Å². The van der Waals surface area contributed by atoms with Crippen LogP contribution in [0.3, 0.4) is 0 Å². The fourth-order valence-corrected chi connectivity index (χ4v) is 9.60. The molecule has 2 aliphatic heterocycles. The summed E-state index contributed by atoms with van der Waals surface area (Å²) in [7, 11) is 0. The van der Waals surface area contributed by atoms with Crippen LogP contribution in [-0.2, 0) is 25.9 Å². The van der Waals surface area contributed by atoms with Gasteiger partial charge in [-0.3, -0.25) is 0 Å². The number of hydrogen-bond acceptors (Lipinski definition) is 4. The summed E-state index contributed by atoms with van der Waals surface area (Å²) in [5, 5.41) is 19.4. The highest BCUT2D eigenvalue weighted by atomic mass is 35.5. The molecule has 2 aliphatic rings. The molecule has 0 spiro atoms. The van der Waals surface area contributed by atoms with E-state index < -0.39 is 0 Å². The number of nitrogens with zero attached hydrogens (tertiary/aromatic N) is 6. The van der Waals surface area contributed by atoms with Crippen LogP contribution >= 0.6 is 47.6 Å². The molecule has 0 atom stereocenters. The van der Waals surface area contributed by atoms with Gasteiger partial charge in [0, 0.05) is 56.8 Å². The maximum absolute atomic E-state index is 6.30. The second-order valence-electron chi connectivity index (χ2n) is 15.4. The minimum Gasteiger partial charge on any atom is -0.345 e. The topological polar surface area (TPSA) is 68.5 Å². The van der Waals surface area contributed by atoms with Gasteiger partial charge in [-0.25, -0.2) is 9.03 Å². The standard InChI is InChI=1S/C46H40Cl2N8S2/c1-27-9-13-29(14-10-27)37-35-7-3-5-25-53-41(51-55(45(35)53)39(37)43(57)49-33-21-17-31(47)18-22-33)42-52-56-40(44(58)50-34-23-19-32(48)20-24-34)38(30-15-11-28(2)12-16-30)36-8-4-6-26-54(42)46(36)56/h9-24H,3-8,25-26H2,1-2H3,(H,49,57)(H,50,58). The molecule has 290 valence electrons. The fourth-order valence-electron chi connectivity index (χ4n) is 8.74. The van der Waals surface area contributed by atoms with Crippen LogP contribution in [-0.4, -0.2) is 38.3 Å². The average molecular weight is 840 g/mol. The Morgan fingerprint density at radius 1 is 0.534 bits per heavy atom. The summed E-state index contributed by atoms with van der Waals surface area (Å²) in [5.41, 5.74) is 15.0. The number of aryl methyl sites for hydroxylation is 6. The van der Waals surface area contributed by atoms with Crippen molar-refractivity contribution < 1.29 is 0 Å². The molecule has 4 aromatic carbocycles. The van der Waals surface area contributed by atoms with Crippen LogP contribution in [0.1, 0.15) is 59.3 Å². The number of hydrogen-bond donors (Lipinski definition) is 2. The minimum atomic E-state index is 0.594. The van der Waals surface area contributed by atoms with E-state index in [4.69, 9.17) is 57.8 Å². The van der Waals surface area contributed by atoms with Crippen molar-refractivity contribution in [1.29, 1.82) is 0 Å². The normalized spacial score (nSPS) is 13.8. The van der Waals surface area contributed by atoms with Crippen LogP contribution in [0.2, 0.25) is 10.0 Å². The highest BCUT2D eigenvalue weighted by Crippen LogP contribution is 2.42. The molecule has 12 heteroatoms. The molecule has 8 nitrogen and oxygen atoms in total.